The molecular formula is C14H15BrClFN4. The molecule has 0 fully saturated rings. The molecule has 0 amide bonds. The van der Waals surface area contributed by atoms with Gasteiger partial charge in [-0.2, -0.15) is 10.2 Å². The molecule has 0 bridgehead atoms. The number of hydrazine groups is 1. The van der Waals surface area contributed by atoms with Crippen LogP contribution in [0.4, 0.5) is 4.39 Å². The van der Waals surface area contributed by atoms with Crippen molar-refractivity contribution in [3.8, 4) is 0 Å². The van der Waals surface area contributed by atoms with E-state index in [1.165, 1.54) is 0 Å². The molecular weight excluding hydrogens is 359 g/mol. The van der Waals surface area contributed by atoms with E-state index in [1.807, 2.05) is 19.9 Å². The Morgan fingerprint density at radius 3 is 2.71 bits per heavy atom. The number of rotatable bonds is 4. The van der Waals surface area contributed by atoms with Crippen LogP contribution in [0.1, 0.15) is 35.5 Å². The Morgan fingerprint density at radius 1 is 1.38 bits per heavy atom. The molecule has 2 aromatic rings. The number of nitrogens with two attached hydrogens (primary N) is 1. The molecule has 1 atom stereocenters. The van der Waals surface area contributed by atoms with Crippen LogP contribution in [0.15, 0.2) is 22.7 Å². The molecule has 4 nitrogen and oxygen atoms in total. The number of aryl methyl sites for hydroxylation is 2. The van der Waals surface area contributed by atoms with Crippen LogP contribution in [0.2, 0.25) is 5.02 Å². The number of benzene rings is 1. The molecule has 7 heteroatoms. The van der Waals surface area contributed by atoms with Gasteiger partial charge in [-0.25, -0.2) is 9.82 Å². The first-order valence-corrected chi connectivity index (χ1v) is 7.59. The van der Waals surface area contributed by atoms with Gasteiger partial charge in [0.15, 0.2) is 0 Å². The van der Waals surface area contributed by atoms with Gasteiger partial charge in [0.05, 0.1) is 22.5 Å². The van der Waals surface area contributed by atoms with Gasteiger partial charge in [0.2, 0.25) is 0 Å². The standard InChI is InChI=1S/C14H15BrClFN4/c1-3-11-9(6-7(2)20-21-11)14(19-18)8-4-5-10(15)12(16)13(8)17/h4-6,14,19H,3,18H2,1-2H3. The number of nitrogens with one attached hydrogen (secondary N) is 1. The molecule has 1 heterocycles. The number of hydrogen-bond donors (Lipinski definition) is 2. The molecule has 21 heavy (non-hydrogen) atoms. The van der Waals surface area contributed by atoms with Crippen molar-refractivity contribution < 1.29 is 4.39 Å². The third kappa shape index (κ3) is 3.23. The average Bonchev–Trinajstić information content (AvgIpc) is 2.48. The third-order valence-electron chi connectivity index (χ3n) is 3.21. The number of halogens is 3. The lowest BCUT2D eigenvalue weighted by Crippen LogP contribution is -2.31. The third-order valence-corrected chi connectivity index (χ3v) is 4.47. The van der Waals surface area contributed by atoms with E-state index < -0.39 is 11.9 Å². The maximum absolute atomic E-state index is 14.4. The van der Waals surface area contributed by atoms with Crippen LogP contribution in [-0.4, -0.2) is 10.2 Å². The van der Waals surface area contributed by atoms with E-state index in [-0.39, 0.29) is 5.02 Å². The molecule has 1 unspecified atom stereocenters. The molecule has 0 aliphatic carbocycles. The Labute approximate surface area is 136 Å². The monoisotopic (exact) mass is 372 g/mol. The molecule has 0 saturated carbocycles. The molecule has 0 aliphatic rings. The fourth-order valence-corrected chi connectivity index (χ4v) is 2.65. The lowest BCUT2D eigenvalue weighted by molar-refractivity contribution is 0.554. The Morgan fingerprint density at radius 2 is 2.10 bits per heavy atom. The summed E-state index contributed by atoms with van der Waals surface area (Å²) in [4.78, 5) is 0. The van der Waals surface area contributed by atoms with E-state index >= 15 is 0 Å². The molecule has 2 rings (SSSR count). The van der Waals surface area contributed by atoms with E-state index in [0.29, 0.717) is 16.5 Å². The lowest BCUT2D eigenvalue weighted by Gasteiger charge is -2.20. The van der Waals surface area contributed by atoms with Crippen molar-refractivity contribution in [2.45, 2.75) is 26.3 Å². The molecule has 112 valence electrons. The lowest BCUT2D eigenvalue weighted by atomic mass is 9.96. The van der Waals surface area contributed by atoms with Gasteiger partial charge in [-0.15, -0.1) is 0 Å². The highest BCUT2D eigenvalue weighted by Gasteiger charge is 2.22. The van der Waals surface area contributed by atoms with Crippen molar-refractivity contribution in [2.75, 3.05) is 0 Å². The summed E-state index contributed by atoms with van der Waals surface area (Å²) >= 11 is 9.16. The molecule has 0 radical (unpaired) electrons. The Hall–Kier alpha value is -1.08. The first-order chi connectivity index (χ1) is 9.99. The summed E-state index contributed by atoms with van der Waals surface area (Å²) in [6, 6.07) is 4.65. The summed E-state index contributed by atoms with van der Waals surface area (Å²) in [5.74, 6) is 5.14. The van der Waals surface area contributed by atoms with Crippen LogP contribution < -0.4 is 11.3 Å². The Kier molecular flexibility index (Phi) is 5.27. The quantitative estimate of drug-likeness (QED) is 0.489. The molecule has 0 aliphatic heterocycles. The van der Waals surface area contributed by atoms with E-state index in [9.17, 15) is 4.39 Å². The summed E-state index contributed by atoms with van der Waals surface area (Å²) in [6.45, 7) is 3.79. The number of aromatic nitrogens is 2. The van der Waals surface area contributed by atoms with Gasteiger partial charge >= 0.3 is 0 Å². The van der Waals surface area contributed by atoms with Crippen LogP contribution in [0, 0.1) is 12.7 Å². The largest absolute Gasteiger partial charge is 0.271 e. The summed E-state index contributed by atoms with van der Waals surface area (Å²) in [6.07, 6.45) is 0.673. The van der Waals surface area contributed by atoms with Gasteiger partial charge in [-0.3, -0.25) is 5.84 Å². The zero-order chi connectivity index (χ0) is 15.6. The van der Waals surface area contributed by atoms with E-state index in [4.69, 9.17) is 17.4 Å². The second kappa shape index (κ2) is 6.79. The van der Waals surface area contributed by atoms with Crippen molar-refractivity contribution in [3.63, 3.8) is 0 Å². The zero-order valence-electron chi connectivity index (χ0n) is 11.6. The maximum Gasteiger partial charge on any atom is 0.148 e. The van der Waals surface area contributed by atoms with Crippen molar-refractivity contribution >= 4 is 27.5 Å². The van der Waals surface area contributed by atoms with Gasteiger partial charge in [-0.1, -0.05) is 24.6 Å². The second-order valence-corrected chi connectivity index (χ2v) is 5.84. The predicted molar refractivity (Wildman–Crippen MR) is 84.4 cm³/mol. The van der Waals surface area contributed by atoms with Gasteiger partial charge in [-0.05, 0) is 41.4 Å². The topological polar surface area (TPSA) is 63.8 Å². The second-order valence-electron chi connectivity index (χ2n) is 4.61. The number of nitrogens with zero attached hydrogens (tertiary/aromatic N) is 2. The first-order valence-electron chi connectivity index (χ1n) is 6.42. The summed E-state index contributed by atoms with van der Waals surface area (Å²) < 4.78 is 14.9. The fraction of sp³-hybridized carbons (Fsp3) is 0.286. The zero-order valence-corrected chi connectivity index (χ0v) is 14.0. The summed E-state index contributed by atoms with van der Waals surface area (Å²) in [5.41, 5.74) is 5.31. The van der Waals surface area contributed by atoms with Gasteiger partial charge in [0.25, 0.3) is 0 Å². The Bertz CT molecular complexity index is 666. The Balaban J connectivity index is 2.60. The normalized spacial score (nSPS) is 12.5. The minimum Gasteiger partial charge on any atom is -0.271 e. The highest BCUT2D eigenvalue weighted by Crippen LogP contribution is 2.33. The van der Waals surface area contributed by atoms with Crippen LogP contribution in [0.5, 0.6) is 0 Å². The summed E-state index contributed by atoms with van der Waals surface area (Å²) in [5, 5.41) is 8.21. The van der Waals surface area contributed by atoms with Gasteiger partial charge in [0, 0.05) is 15.6 Å². The van der Waals surface area contributed by atoms with Crippen LogP contribution in [0.25, 0.3) is 0 Å². The van der Waals surface area contributed by atoms with Crippen LogP contribution >= 0.6 is 27.5 Å². The van der Waals surface area contributed by atoms with Crippen LogP contribution in [0.3, 0.4) is 0 Å². The molecule has 3 N–H and O–H groups in total. The number of hydrogen-bond acceptors (Lipinski definition) is 4. The average molecular weight is 374 g/mol. The summed E-state index contributed by atoms with van der Waals surface area (Å²) in [7, 11) is 0. The van der Waals surface area contributed by atoms with Crippen molar-refractivity contribution in [2.24, 2.45) is 5.84 Å². The van der Waals surface area contributed by atoms with Crippen molar-refractivity contribution in [1.82, 2.24) is 15.6 Å². The highest BCUT2D eigenvalue weighted by atomic mass is 79.9. The van der Waals surface area contributed by atoms with E-state index in [1.54, 1.807) is 12.1 Å². The predicted octanol–water partition coefficient (Wildman–Crippen LogP) is 3.46. The first kappa shape index (κ1) is 16.3. The smallest absolute Gasteiger partial charge is 0.148 e. The minimum atomic E-state index is -0.542. The van der Waals surface area contributed by atoms with Crippen LogP contribution in [-0.2, 0) is 6.42 Å². The van der Waals surface area contributed by atoms with Crippen molar-refractivity contribution in [3.05, 3.63) is 56.0 Å². The fourth-order valence-electron chi connectivity index (χ4n) is 2.17. The van der Waals surface area contributed by atoms with Gasteiger partial charge < -0.3 is 0 Å². The molecule has 0 spiro atoms. The molecule has 0 saturated heterocycles. The molecule has 1 aromatic heterocycles. The van der Waals surface area contributed by atoms with E-state index in [2.05, 4.69) is 31.6 Å². The van der Waals surface area contributed by atoms with E-state index in [0.717, 1.165) is 17.0 Å². The maximum atomic E-state index is 14.4. The molecule has 1 aromatic carbocycles. The SMILES string of the molecule is CCc1nnc(C)cc1C(NN)c1ccc(Br)c(Cl)c1F. The minimum absolute atomic E-state index is 0.0320. The highest BCUT2D eigenvalue weighted by molar-refractivity contribution is 9.10. The van der Waals surface area contributed by atoms with Crippen molar-refractivity contribution in [1.29, 1.82) is 0 Å². The van der Waals surface area contributed by atoms with Gasteiger partial charge in [0.1, 0.15) is 5.82 Å².